The highest BCUT2D eigenvalue weighted by Gasteiger charge is 2.35. The first-order valence-corrected chi connectivity index (χ1v) is 10.1. The van der Waals surface area contributed by atoms with Gasteiger partial charge < -0.3 is 5.73 Å². The smallest absolute Gasteiger partial charge is 0.259 e. The van der Waals surface area contributed by atoms with Gasteiger partial charge in [-0.05, 0) is 54.8 Å². The van der Waals surface area contributed by atoms with Crippen molar-refractivity contribution in [3.63, 3.8) is 0 Å². The number of nitriles is 1. The minimum absolute atomic E-state index is 0.102. The number of nitrogens with zero attached hydrogens (tertiary/aromatic N) is 5. The summed E-state index contributed by atoms with van der Waals surface area (Å²) in [5, 5.41) is 13.4. The molecule has 2 amide bonds. The number of benzene rings is 1. The molecule has 0 spiro atoms. The zero-order chi connectivity index (χ0) is 22.2. The van der Waals surface area contributed by atoms with Crippen LogP contribution in [0.3, 0.4) is 0 Å². The molecule has 0 bridgehead atoms. The second kappa shape index (κ2) is 7.63. The highest BCUT2D eigenvalue weighted by molar-refractivity contribution is 6.07. The molecule has 0 aliphatic heterocycles. The van der Waals surface area contributed by atoms with E-state index in [-0.39, 0.29) is 11.9 Å². The average molecular weight is 422 g/mol. The topological polar surface area (TPSA) is 117 Å². The van der Waals surface area contributed by atoms with E-state index in [1.807, 2.05) is 24.3 Å². The Bertz CT molecular complexity index is 1380. The molecule has 5 rings (SSSR count). The summed E-state index contributed by atoms with van der Waals surface area (Å²) in [4.78, 5) is 30.8. The number of rotatable bonds is 5. The van der Waals surface area contributed by atoms with Crippen molar-refractivity contribution in [3.8, 4) is 17.2 Å². The summed E-state index contributed by atoms with van der Waals surface area (Å²) in [5.74, 6) is -0.101. The van der Waals surface area contributed by atoms with Gasteiger partial charge in [-0.2, -0.15) is 10.4 Å². The number of carbonyl (C=O) groups is 2. The lowest BCUT2D eigenvalue weighted by atomic mass is 10.0. The third-order valence-electron chi connectivity index (χ3n) is 5.50. The van der Waals surface area contributed by atoms with Gasteiger partial charge >= 0.3 is 0 Å². The van der Waals surface area contributed by atoms with Crippen molar-refractivity contribution in [1.29, 1.82) is 5.26 Å². The second-order valence-electron chi connectivity index (χ2n) is 7.67. The van der Waals surface area contributed by atoms with Gasteiger partial charge in [0.1, 0.15) is 11.9 Å². The van der Waals surface area contributed by atoms with Crippen molar-refractivity contribution in [1.82, 2.24) is 14.6 Å². The Morgan fingerprint density at radius 3 is 2.47 bits per heavy atom. The molecule has 32 heavy (non-hydrogen) atoms. The Hall–Kier alpha value is -4.51. The van der Waals surface area contributed by atoms with Crippen LogP contribution < -0.4 is 10.6 Å². The van der Waals surface area contributed by atoms with Crippen LogP contribution in [0.5, 0.6) is 0 Å². The highest BCUT2D eigenvalue weighted by Crippen LogP contribution is 2.33. The fourth-order valence-electron chi connectivity index (χ4n) is 3.67. The van der Waals surface area contributed by atoms with Crippen molar-refractivity contribution in [2.24, 2.45) is 5.73 Å². The molecule has 0 saturated heterocycles. The van der Waals surface area contributed by atoms with Crippen LogP contribution in [0.1, 0.15) is 39.1 Å². The molecule has 156 valence electrons. The van der Waals surface area contributed by atoms with Crippen LogP contribution in [-0.2, 0) is 0 Å². The fraction of sp³-hybridized carbons (Fsp3) is 0.125. The maximum absolute atomic E-state index is 13.5. The standard InChI is InChI=1S/C24H18N6O2/c25-12-15-1-8-22(27-13-15)30(19-6-7-19)24(32)18-9-10-29-21(11-18)20(14-28-29)16-2-4-17(5-3-16)23(26)31/h1-5,8-11,13-14,19H,6-7H2,(H2,26,31). The molecule has 1 aliphatic rings. The molecule has 8 heteroatoms. The lowest BCUT2D eigenvalue weighted by Gasteiger charge is -2.21. The first kappa shape index (κ1) is 19.5. The predicted molar refractivity (Wildman–Crippen MR) is 118 cm³/mol. The van der Waals surface area contributed by atoms with Crippen LogP contribution in [0.15, 0.2) is 67.1 Å². The molecule has 0 atom stereocenters. The van der Waals surface area contributed by atoms with Gasteiger partial charge in [-0.15, -0.1) is 0 Å². The van der Waals surface area contributed by atoms with Gasteiger partial charge in [-0.1, -0.05) is 12.1 Å². The predicted octanol–water partition coefficient (Wildman–Crippen LogP) is 3.18. The summed E-state index contributed by atoms with van der Waals surface area (Å²) in [5.41, 5.74) is 9.20. The number of amides is 2. The van der Waals surface area contributed by atoms with Crippen LogP contribution in [-0.4, -0.2) is 32.5 Å². The van der Waals surface area contributed by atoms with Crippen molar-refractivity contribution in [2.45, 2.75) is 18.9 Å². The van der Waals surface area contributed by atoms with Crippen LogP contribution >= 0.6 is 0 Å². The Labute approximate surface area is 183 Å². The minimum atomic E-state index is -0.485. The molecule has 3 aromatic heterocycles. The summed E-state index contributed by atoms with van der Waals surface area (Å²) < 4.78 is 1.70. The number of aromatic nitrogens is 3. The largest absolute Gasteiger partial charge is 0.366 e. The van der Waals surface area contributed by atoms with E-state index >= 15 is 0 Å². The highest BCUT2D eigenvalue weighted by atomic mass is 16.2. The first-order chi connectivity index (χ1) is 15.5. The summed E-state index contributed by atoms with van der Waals surface area (Å²) in [7, 11) is 0. The number of hydrogen-bond donors (Lipinski definition) is 1. The third kappa shape index (κ3) is 3.46. The van der Waals surface area contributed by atoms with E-state index in [2.05, 4.69) is 10.1 Å². The Kier molecular flexibility index (Phi) is 4.64. The second-order valence-corrected chi connectivity index (χ2v) is 7.67. The molecule has 1 aliphatic carbocycles. The van der Waals surface area contributed by atoms with Gasteiger partial charge in [0.2, 0.25) is 5.91 Å². The molecular formula is C24H18N6O2. The van der Waals surface area contributed by atoms with Gasteiger partial charge in [0.15, 0.2) is 0 Å². The molecule has 0 radical (unpaired) electrons. The van der Waals surface area contributed by atoms with Crippen LogP contribution in [0.25, 0.3) is 16.6 Å². The van der Waals surface area contributed by atoms with Crippen LogP contribution in [0.4, 0.5) is 5.82 Å². The molecule has 8 nitrogen and oxygen atoms in total. The molecule has 1 fully saturated rings. The van der Waals surface area contributed by atoms with Crippen molar-refractivity contribution < 1.29 is 9.59 Å². The van der Waals surface area contributed by atoms with Gasteiger partial charge in [-0.3, -0.25) is 14.5 Å². The number of nitrogens with two attached hydrogens (primary N) is 1. The van der Waals surface area contributed by atoms with Crippen molar-refractivity contribution in [2.75, 3.05) is 4.90 Å². The lowest BCUT2D eigenvalue weighted by molar-refractivity contribution is 0.0981. The summed E-state index contributed by atoms with van der Waals surface area (Å²) in [6, 6.07) is 16.0. The number of primary amides is 1. The van der Waals surface area contributed by atoms with E-state index < -0.39 is 5.91 Å². The summed E-state index contributed by atoms with van der Waals surface area (Å²) in [6.07, 6.45) is 6.79. The molecule has 0 unspecified atom stereocenters. The normalized spacial score (nSPS) is 13.0. The fourth-order valence-corrected chi connectivity index (χ4v) is 3.67. The van der Waals surface area contributed by atoms with Crippen LogP contribution in [0, 0.1) is 11.3 Å². The van der Waals surface area contributed by atoms with Crippen molar-refractivity contribution >= 4 is 23.1 Å². The van der Waals surface area contributed by atoms with E-state index in [0.29, 0.717) is 22.5 Å². The Balaban J connectivity index is 1.52. The molecule has 1 saturated carbocycles. The van der Waals surface area contributed by atoms with Crippen LogP contribution in [0.2, 0.25) is 0 Å². The van der Waals surface area contributed by atoms with Gasteiger partial charge in [0, 0.05) is 35.1 Å². The number of pyridine rings is 2. The quantitative estimate of drug-likeness (QED) is 0.530. The maximum atomic E-state index is 13.5. The monoisotopic (exact) mass is 422 g/mol. The van der Waals surface area contributed by atoms with Gasteiger partial charge in [0.05, 0.1) is 17.3 Å². The summed E-state index contributed by atoms with van der Waals surface area (Å²) in [6.45, 7) is 0. The van der Waals surface area contributed by atoms with Crippen molar-refractivity contribution in [3.05, 3.63) is 83.8 Å². The van der Waals surface area contributed by atoms with Gasteiger partial charge in [0.25, 0.3) is 5.91 Å². The van der Waals surface area contributed by atoms with E-state index in [1.165, 1.54) is 6.20 Å². The lowest BCUT2D eigenvalue weighted by Crippen LogP contribution is -2.33. The number of hydrogen-bond acceptors (Lipinski definition) is 5. The molecule has 4 aromatic rings. The molecule has 2 N–H and O–H groups in total. The first-order valence-electron chi connectivity index (χ1n) is 10.1. The average Bonchev–Trinajstić information content (AvgIpc) is 3.57. The molecule has 3 heterocycles. The molecule has 1 aromatic carbocycles. The minimum Gasteiger partial charge on any atom is -0.366 e. The van der Waals surface area contributed by atoms with E-state index in [9.17, 15) is 9.59 Å². The van der Waals surface area contributed by atoms with Gasteiger partial charge in [-0.25, -0.2) is 9.50 Å². The Morgan fingerprint density at radius 2 is 1.84 bits per heavy atom. The zero-order valence-electron chi connectivity index (χ0n) is 17.0. The SMILES string of the molecule is N#Cc1ccc(N(C(=O)c2ccn3ncc(-c4ccc(C(N)=O)cc4)c3c2)C2CC2)nc1. The number of anilines is 1. The van der Waals surface area contributed by atoms with E-state index in [0.717, 1.165) is 29.5 Å². The molecular weight excluding hydrogens is 404 g/mol. The number of carbonyl (C=O) groups excluding carboxylic acids is 2. The van der Waals surface area contributed by atoms with E-state index in [1.54, 1.807) is 52.1 Å². The third-order valence-corrected chi connectivity index (χ3v) is 5.50. The van der Waals surface area contributed by atoms with E-state index in [4.69, 9.17) is 11.0 Å². The zero-order valence-corrected chi connectivity index (χ0v) is 17.0. The summed E-state index contributed by atoms with van der Waals surface area (Å²) >= 11 is 0. The number of fused-ring (bicyclic) bond motifs is 1. The Morgan fingerprint density at radius 1 is 1.06 bits per heavy atom. The maximum Gasteiger partial charge on any atom is 0.259 e.